The van der Waals surface area contributed by atoms with Gasteiger partial charge in [0.15, 0.2) is 0 Å². The summed E-state index contributed by atoms with van der Waals surface area (Å²) in [5, 5.41) is 0. The van der Waals surface area contributed by atoms with Crippen molar-refractivity contribution in [1.29, 1.82) is 0 Å². The Balaban J connectivity index is 0.00000312. The molecule has 0 radical (unpaired) electrons. The Bertz CT molecular complexity index is 652. The molecule has 7 nitrogen and oxygen atoms in total. The van der Waals surface area contributed by atoms with E-state index in [1.165, 1.54) is 12.1 Å². The molecule has 1 aliphatic rings. The number of halogens is 1. The van der Waals surface area contributed by atoms with E-state index in [2.05, 4.69) is 4.72 Å². The highest BCUT2D eigenvalue weighted by Crippen LogP contribution is 2.16. The first kappa shape index (κ1) is 21.7. The third kappa shape index (κ3) is 6.47. The molecule has 0 spiro atoms. The molecule has 1 saturated heterocycles. The van der Waals surface area contributed by atoms with E-state index in [1.54, 1.807) is 17.0 Å². The molecule has 0 aromatic heterocycles. The largest absolute Gasteiger partial charge is 0.494 e. The van der Waals surface area contributed by atoms with E-state index in [0.29, 0.717) is 25.4 Å². The van der Waals surface area contributed by atoms with Gasteiger partial charge in [-0.15, -0.1) is 12.4 Å². The van der Waals surface area contributed by atoms with Crippen molar-refractivity contribution in [2.75, 3.05) is 26.2 Å². The van der Waals surface area contributed by atoms with Crippen LogP contribution in [0.2, 0.25) is 0 Å². The minimum absolute atomic E-state index is 0. The van der Waals surface area contributed by atoms with Crippen LogP contribution in [0.25, 0.3) is 0 Å². The average Bonchev–Trinajstić information content (AvgIpc) is 2.55. The Morgan fingerprint density at radius 3 is 2.64 bits per heavy atom. The molecule has 1 amide bonds. The first-order chi connectivity index (χ1) is 11.4. The zero-order valence-corrected chi connectivity index (χ0v) is 15.9. The van der Waals surface area contributed by atoms with Gasteiger partial charge in [-0.25, -0.2) is 13.1 Å². The highest BCUT2D eigenvalue weighted by Gasteiger charge is 2.21. The van der Waals surface area contributed by atoms with E-state index in [0.717, 1.165) is 12.8 Å². The summed E-state index contributed by atoms with van der Waals surface area (Å²) in [4.78, 5) is 14.0. The molecule has 2 rings (SSSR count). The maximum absolute atomic E-state index is 12.2. The number of carbonyl (C=O) groups is 1. The summed E-state index contributed by atoms with van der Waals surface area (Å²) in [5.74, 6) is 0.549. The van der Waals surface area contributed by atoms with Crippen molar-refractivity contribution in [3.63, 3.8) is 0 Å². The quantitative estimate of drug-likeness (QED) is 0.725. The molecule has 25 heavy (non-hydrogen) atoms. The third-order valence-electron chi connectivity index (χ3n) is 3.89. The van der Waals surface area contributed by atoms with Crippen molar-refractivity contribution in [2.24, 2.45) is 5.73 Å². The van der Waals surface area contributed by atoms with Gasteiger partial charge in [-0.2, -0.15) is 0 Å². The van der Waals surface area contributed by atoms with Crippen molar-refractivity contribution in [3.05, 3.63) is 24.3 Å². The van der Waals surface area contributed by atoms with Crippen LogP contribution in [0.5, 0.6) is 5.75 Å². The second kappa shape index (κ2) is 9.96. The maximum atomic E-state index is 12.2. The fourth-order valence-electron chi connectivity index (χ4n) is 2.65. The van der Waals surface area contributed by atoms with Crippen LogP contribution in [0, 0.1) is 0 Å². The van der Waals surface area contributed by atoms with Crippen LogP contribution in [-0.2, 0) is 14.8 Å². The highest BCUT2D eigenvalue weighted by atomic mass is 35.5. The second-order valence-electron chi connectivity index (χ2n) is 5.79. The fourth-order valence-corrected chi connectivity index (χ4v) is 3.68. The average molecular weight is 392 g/mol. The zero-order chi connectivity index (χ0) is 17.6. The smallest absolute Gasteiger partial charge is 0.240 e. The first-order valence-corrected chi connectivity index (χ1v) is 9.66. The number of nitrogens with zero attached hydrogens (tertiary/aromatic N) is 1. The first-order valence-electron chi connectivity index (χ1n) is 8.18. The van der Waals surface area contributed by atoms with E-state index in [4.69, 9.17) is 10.5 Å². The number of carbonyl (C=O) groups excluding carboxylic acids is 1. The molecule has 1 atom stereocenters. The number of rotatable bonds is 7. The van der Waals surface area contributed by atoms with Gasteiger partial charge in [-0.05, 0) is 44.0 Å². The standard InChI is InChI=1S/C16H25N3O4S.ClH/c1-2-23-14-5-7-15(8-6-14)24(21,22)18-10-9-16(20)19-11-3-4-13(17)12-19;/h5-8,13,18H,2-4,9-12,17H2,1H3;1H. The van der Waals surface area contributed by atoms with Gasteiger partial charge in [0.1, 0.15) is 5.75 Å². The van der Waals surface area contributed by atoms with Crippen LogP contribution >= 0.6 is 12.4 Å². The normalized spacial score (nSPS) is 17.7. The number of amides is 1. The van der Waals surface area contributed by atoms with Gasteiger partial charge < -0.3 is 15.4 Å². The molecular formula is C16H26ClN3O4S. The Morgan fingerprint density at radius 2 is 2.04 bits per heavy atom. The van der Waals surface area contributed by atoms with Crippen LogP contribution in [0.3, 0.4) is 0 Å². The number of nitrogens with two attached hydrogens (primary N) is 1. The topological polar surface area (TPSA) is 102 Å². The van der Waals surface area contributed by atoms with Crippen LogP contribution in [-0.4, -0.2) is 51.5 Å². The monoisotopic (exact) mass is 391 g/mol. The van der Waals surface area contributed by atoms with Crippen LogP contribution in [0.15, 0.2) is 29.2 Å². The lowest BCUT2D eigenvalue weighted by Gasteiger charge is -2.30. The van der Waals surface area contributed by atoms with E-state index < -0.39 is 10.0 Å². The highest BCUT2D eigenvalue weighted by molar-refractivity contribution is 7.89. The molecule has 0 saturated carbocycles. The molecule has 1 fully saturated rings. The van der Waals surface area contributed by atoms with Gasteiger partial charge in [0.05, 0.1) is 11.5 Å². The van der Waals surface area contributed by atoms with Gasteiger partial charge in [0.2, 0.25) is 15.9 Å². The van der Waals surface area contributed by atoms with Gasteiger partial charge in [0.25, 0.3) is 0 Å². The summed E-state index contributed by atoms with van der Waals surface area (Å²) in [6, 6.07) is 6.21. The predicted molar refractivity (Wildman–Crippen MR) is 98.5 cm³/mol. The van der Waals surface area contributed by atoms with Crippen molar-refractivity contribution in [1.82, 2.24) is 9.62 Å². The minimum atomic E-state index is -3.63. The molecule has 9 heteroatoms. The van der Waals surface area contributed by atoms with Crippen molar-refractivity contribution < 1.29 is 17.9 Å². The van der Waals surface area contributed by atoms with E-state index in [9.17, 15) is 13.2 Å². The molecule has 0 bridgehead atoms. The molecule has 1 unspecified atom stereocenters. The molecule has 1 aliphatic heterocycles. The number of benzene rings is 1. The van der Waals surface area contributed by atoms with Crippen molar-refractivity contribution in [2.45, 2.75) is 37.1 Å². The Hall–Kier alpha value is -1.35. The third-order valence-corrected chi connectivity index (χ3v) is 5.36. The maximum Gasteiger partial charge on any atom is 0.240 e. The summed E-state index contributed by atoms with van der Waals surface area (Å²) in [5.41, 5.74) is 5.85. The summed E-state index contributed by atoms with van der Waals surface area (Å²) in [7, 11) is -3.63. The van der Waals surface area contributed by atoms with Crippen molar-refractivity contribution in [3.8, 4) is 5.75 Å². The summed E-state index contributed by atoms with van der Waals surface area (Å²) < 4.78 is 32.2. The number of hydrogen-bond acceptors (Lipinski definition) is 5. The van der Waals surface area contributed by atoms with Crippen LogP contribution in [0.1, 0.15) is 26.2 Å². The molecule has 1 heterocycles. The lowest BCUT2D eigenvalue weighted by Crippen LogP contribution is -2.46. The van der Waals surface area contributed by atoms with E-state index in [-0.39, 0.29) is 42.2 Å². The number of ether oxygens (including phenoxy) is 1. The SMILES string of the molecule is CCOc1ccc(S(=O)(=O)NCCC(=O)N2CCCC(N)C2)cc1.Cl. The Labute approximate surface area is 155 Å². The van der Waals surface area contributed by atoms with Gasteiger partial charge in [0, 0.05) is 32.1 Å². The summed E-state index contributed by atoms with van der Waals surface area (Å²) >= 11 is 0. The van der Waals surface area contributed by atoms with Crippen LogP contribution in [0.4, 0.5) is 0 Å². The van der Waals surface area contributed by atoms with Gasteiger partial charge >= 0.3 is 0 Å². The molecule has 1 aromatic carbocycles. The van der Waals surface area contributed by atoms with E-state index in [1.807, 2.05) is 6.92 Å². The van der Waals surface area contributed by atoms with Crippen molar-refractivity contribution >= 4 is 28.3 Å². The fraction of sp³-hybridized carbons (Fsp3) is 0.562. The van der Waals surface area contributed by atoms with Crippen LogP contribution < -0.4 is 15.2 Å². The Kier molecular flexibility index (Phi) is 8.64. The summed E-state index contributed by atoms with van der Waals surface area (Å²) in [6.45, 7) is 3.69. The molecular weight excluding hydrogens is 366 g/mol. The lowest BCUT2D eigenvalue weighted by molar-refractivity contribution is -0.132. The molecule has 1 aromatic rings. The predicted octanol–water partition coefficient (Wildman–Crippen LogP) is 1.13. The van der Waals surface area contributed by atoms with E-state index >= 15 is 0 Å². The molecule has 0 aliphatic carbocycles. The number of hydrogen-bond donors (Lipinski definition) is 2. The molecule has 142 valence electrons. The zero-order valence-electron chi connectivity index (χ0n) is 14.3. The second-order valence-corrected chi connectivity index (χ2v) is 7.56. The number of piperidine rings is 1. The lowest BCUT2D eigenvalue weighted by atomic mass is 10.1. The summed E-state index contributed by atoms with van der Waals surface area (Å²) in [6.07, 6.45) is 1.95. The number of sulfonamides is 1. The minimum Gasteiger partial charge on any atom is -0.494 e. The number of likely N-dealkylation sites (tertiary alicyclic amines) is 1. The van der Waals surface area contributed by atoms with Gasteiger partial charge in [-0.3, -0.25) is 4.79 Å². The molecule has 3 N–H and O–H groups in total. The Morgan fingerprint density at radius 1 is 1.36 bits per heavy atom. The number of nitrogens with one attached hydrogen (secondary N) is 1. The van der Waals surface area contributed by atoms with Gasteiger partial charge in [-0.1, -0.05) is 0 Å².